The second-order valence-electron chi connectivity index (χ2n) is 5.55. The molecule has 116 valence electrons. The molecule has 1 fully saturated rings. The van der Waals surface area contributed by atoms with Crippen molar-refractivity contribution in [2.45, 2.75) is 50.0 Å². The normalized spacial score (nSPS) is 21.2. The van der Waals surface area contributed by atoms with Gasteiger partial charge < -0.3 is 5.11 Å². The summed E-state index contributed by atoms with van der Waals surface area (Å²) < 4.78 is 27.1. The lowest BCUT2D eigenvalue weighted by Crippen LogP contribution is -2.27. The van der Waals surface area contributed by atoms with Gasteiger partial charge >= 0.3 is 5.97 Å². The SMILES string of the molecule is CCCC1CC1NS(=O)(=O)c1ccc(CCC(=O)O)cc1. The third-order valence-corrected chi connectivity index (χ3v) is 5.26. The lowest BCUT2D eigenvalue weighted by molar-refractivity contribution is -0.136. The molecule has 0 radical (unpaired) electrons. The molecule has 0 spiro atoms. The van der Waals surface area contributed by atoms with Crippen molar-refractivity contribution < 1.29 is 18.3 Å². The van der Waals surface area contributed by atoms with Crippen molar-refractivity contribution in [1.29, 1.82) is 0 Å². The molecule has 2 atom stereocenters. The van der Waals surface area contributed by atoms with Crippen LogP contribution in [0.15, 0.2) is 29.2 Å². The second kappa shape index (κ2) is 6.58. The Morgan fingerprint density at radius 1 is 1.33 bits per heavy atom. The number of aliphatic carboxylic acids is 1. The van der Waals surface area contributed by atoms with E-state index in [1.165, 1.54) is 12.1 Å². The van der Waals surface area contributed by atoms with Crippen LogP contribution in [0.3, 0.4) is 0 Å². The standard InChI is InChI=1S/C15H21NO4S/c1-2-3-12-10-14(12)16-21(19,20)13-7-4-11(5-8-13)6-9-15(17)18/h4-5,7-8,12,14,16H,2-3,6,9-10H2,1H3,(H,17,18). The molecule has 1 aromatic rings. The van der Waals surface area contributed by atoms with Crippen LogP contribution in [0, 0.1) is 5.92 Å². The minimum absolute atomic E-state index is 0.0467. The highest BCUT2D eigenvalue weighted by molar-refractivity contribution is 7.89. The molecule has 0 aromatic heterocycles. The van der Waals surface area contributed by atoms with Crippen LogP contribution in [0.5, 0.6) is 0 Å². The van der Waals surface area contributed by atoms with Crippen molar-refractivity contribution >= 4 is 16.0 Å². The largest absolute Gasteiger partial charge is 0.481 e. The molecule has 1 aliphatic carbocycles. The summed E-state index contributed by atoms with van der Waals surface area (Å²) >= 11 is 0. The van der Waals surface area contributed by atoms with Gasteiger partial charge in [-0.05, 0) is 42.9 Å². The molecule has 0 aliphatic heterocycles. The predicted molar refractivity (Wildman–Crippen MR) is 79.5 cm³/mol. The van der Waals surface area contributed by atoms with Crippen LogP contribution in [0.25, 0.3) is 0 Å². The molecule has 1 saturated carbocycles. The van der Waals surface area contributed by atoms with Gasteiger partial charge in [0.15, 0.2) is 0 Å². The summed E-state index contributed by atoms with van der Waals surface area (Å²) in [7, 11) is -3.46. The van der Waals surface area contributed by atoms with E-state index in [9.17, 15) is 13.2 Å². The average Bonchev–Trinajstić information content (AvgIpc) is 3.14. The van der Waals surface area contributed by atoms with Gasteiger partial charge in [0.25, 0.3) is 0 Å². The first kappa shape index (κ1) is 16.0. The summed E-state index contributed by atoms with van der Waals surface area (Å²) in [6.45, 7) is 2.10. The maximum Gasteiger partial charge on any atom is 0.303 e. The number of benzene rings is 1. The molecule has 0 amide bonds. The van der Waals surface area contributed by atoms with E-state index in [-0.39, 0.29) is 17.4 Å². The van der Waals surface area contributed by atoms with E-state index in [0.717, 1.165) is 24.8 Å². The highest BCUT2D eigenvalue weighted by atomic mass is 32.2. The van der Waals surface area contributed by atoms with Gasteiger partial charge in [-0.15, -0.1) is 0 Å². The maximum atomic E-state index is 12.2. The summed E-state index contributed by atoms with van der Waals surface area (Å²) in [4.78, 5) is 10.7. The van der Waals surface area contributed by atoms with Crippen LogP contribution >= 0.6 is 0 Å². The average molecular weight is 311 g/mol. The number of hydrogen-bond donors (Lipinski definition) is 2. The van der Waals surface area contributed by atoms with Gasteiger partial charge in [-0.3, -0.25) is 4.79 Å². The Kier molecular flexibility index (Phi) is 5.00. The number of aryl methyl sites for hydroxylation is 1. The number of sulfonamides is 1. The van der Waals surface area contributed by atoms with Gasteiger partial charge in [-0.25, -0.2) is 13.1 Å². The Hall–Kier alpha value is -1.40. The first-order chi connectivity index (χ1) is 9.92. The molecular weight excluding hydrogens is 290 g/mol. The Morgan fingerprint density at radius 2 is 2.00 bits per heavy atom. The molecular formula is C15H21NO4S. The van der Waals surface area contributed by atoms with Gasteiger partial charge in [0.2, 0.25) is 10.0 Å². The summed E-state index contributed by atoms with van der Waals surface area (Å²) in [6, 6.07) is 6.50. The molecule has 5 nitrogen and oxygen atoms in total. The zero-order valence-electron chi connectivity index (χ0n) is 12.1. The van der Waals surface area contributed by atoms with E-state index < -0.39 is 16.0 Å². The van der Waals surface area contributed by atoms with Gasteiger partial charge in [0, 0.05) is 12.5 Å². The third kappa shape index (κ3) is 4.54. The minimum atomic E-state index is -3.46. The lowest BCUT2D eigenvalue weighted by atomic mass is 10.1. The molecule has 1 aliphatic rings. The number of carboxylic acid groups (broad SMARTS) is 1. The number of hydrogen-bond acceptors (Lipinski definition) is 3. The molecule has 1 aromatic carbocycles. The van der Waals surface area contributed by atoms with E-state index in [2.05, 4.69) is 11.6 Å². The fraction of sp³-hybridized carbons (Fsp3) is 0.533. The minimum Gasteiger partial charge on any atom is -0.481 e. The summed E-state index contributed by atoms with van der Waals surface area (Å²) in [6.07, 6.45) is 3.50. The number of nitrogens with one attached hydrogen (secondary N) is 1. The van der Waals surface area contributed by atoms with Crippen molar-refractivity contribution in [3.8, 4) is 0 Å². The second-order valence-corrected chi connectivity index (χ2v) is 7.26. The molecule has 2 unspecified atom stereocenters. The monoisotopic (exact) mass is 311 g/mol. The Labute approximate surface area is 125 Å². The van der Waals surface area contributed by atoms with E-state index in [1.54, 1.807) is 12.1 Å². The van der Waals surface area contributed by atoms with Crippen LogP contribution in [0.1, 0.15) is 38.2 Å². The van der Waals surface area contributed by atoms with Crippen molar-refractivity contribution in [2.75, 3.05) is 0 Å². The van der Waals surface area contributed by atoms with Crippen LogP contribution in [-0.4, -0.2) is 25.5 Å². The number of rotatable bonds is 8. The quantitative estimate of drug-likeness (QED) is 0.770. The first-order valence-electron chi connectivity index (χ1n) is 7.25. The van der Waals surface area contributed by atoms with Crippen LogP contribution < -0.4 is 4.72 Å². The van der Waals surface area contributed by atoms with Gasteiger partial charge in [0.1, 0.15) is 0 Å². The zero-order valence-corrected chi connectivity index (χ0v) is 12.9. The van der Waals surface area contributed by atoms with Crippen molar-refractivity contribution in [3.05, 3.63) is 29.8 Å². The zero-order chi connectivity index (χ0) is 15.5. The summed E-state index contributed by atoms with van der Waals surface area (Å²) in [5.74, 6) is -0.385. The van der Waals surface area contributed by atoms with Gasteiger partial charge in [-0.1, -0.05) is 25.5 Å². The molecule has 0 saturated heterocycles. The van der Waals surface area contributed by atoms with Crippen LogP contribution in [0.4, 0.5) is 0 Å². The van der Waals surface area contributed by atoms with Crippen LogP contribution in [0.2, 0.25) is 0 Å². The number of carbonyl (C=O) groups is 1. The maximum absolute atomic E-state index is 12.2. The van der Waals surface area contributed by atoms with E-state index >= 15 is 0 Å². The van der Waals surface area contributed by atoms with E-state index in [4.69, 9.17) is 5.11 Å². The number of carboxylic acids is 1. The fourth-order valence-corrected chi connectivity index (χ4v) is 3.75. The highest BCUT2D eigenvalue weighted by Gasteiger charge is 2.39. The fourth-order valence-electron chi connectivity index (χ4n) is 2.44. The van der Waals surface area contributed by atoms with E-state index in [0.29, 0.717) is 12.3 Å². The Morgan fingerprint density at radius 3 is 2.57 bits per heavy atom. The molecule has 0 bridgehead atoms. The molecule has 0 heterocycles. The van der Waals surface area contributed by atoms with Gasteiger partial charge in [-0.2, -0.15) is 0 Å². The third-order valence-electron chi connectivity index (χ3n) is 3.75. The smallest absolute Gasteiger partial charge is 0.303 e. The highest BCUT2D eigenvalue weighted by Crippen LogP contribution is 2.35. The first-order valence-corrected chi connectivity index (χ1v) is 8.73. The lowest BCUT2D eigenvalue weighted by Gasteiger charge is -2.07. The Bertz CT molecular complexity index is 595. The molecule has 6 heteroatoms. The predicted octanol–water partition coefficient (Wildman–Crippen LogP) is 2.17. The van der Waals surface area contributed by atoms with Crippen LogP contribution in [-0.2, 0) is 21.2 Å². The molecule has 2 rings (SSSR count). The van der Waals surface area contributed by atoms with E-state index in [1.807, 2.05) is 0 Å². The summed E-state index contributed by atoms with van der Waals surface area (Å²) in [5, 5.41) is 8.63. The van der Waals surface area contributed by atoms with Gasteiger partial charge in [0.05, 0.1) is 4.90 Å². The Balaban J connectivity index is 1.96. The van der Waals surface area contributed by atoms with Crippen molar-refractivity contribution in [1.82, 2.24) is 4.72 Å². The van der Waals surface area contributed by atoms with Crippen molar-refractivity contribution in [2.24, 2.45) is 5.92 Å². The molecule has 2 N–H and O–H groups in total. The molecule has 21 heavy (non-hydrogen) atoms. The van der Waals surface area contributed by atoms with Crippen molar-refractivity contribution in [3.63, 3.8) is 0 Å². The topological polar surface area (TPSA) is 83.5 Å². The summed E-state index contributed by atoms with van der Waals surface area (Å²) in [5.41, 5.74) is 0.826.